The summed E-state index contributed by atoms with van der Waals surface area (Å²) in [4.78, 5) is 11.8. The van der Waals surface area contributed by atoms with Gasteiger partial charge >= 0.3 is 6.03 Å². The van der Waals surface area contributed by atoms with E-state index in [1.54, 1.807) is 6.92 Å². The number of ether oxygens (including phenoxy) is 1. The van der Waals surface area contributed by atoms with E-state index in [-0.39, 0.29) is 24.8 Å². The zero-order valence-corrected chi connectivity index (χ0v) is 14.2. The molecule has 0 spiro atoms. The van der Waals surface area contributed by atoms with Crippen LogP contribution in [0, 0.1) is 6.92 Å². The van der Waals surface area contributed by atoms with E-state index >= 15 is 0 Å². The lowest BCUT2D eigenvalue weighted by molar-refractivity contribution is 0.226. The third-order valence-electron chi connectivity index (χ3n) is 3.68. The molecule has 2 unspecified atom stereocenters. The minimum Gasteiger partial charge on any atom is -0.486 e. The van der Waals surface area contributed by atoms with Gasteiger partial charge in [-0.1, -0.05) is 30.3 Å². The van der Waals surface area contributed by atoms with Crippen LogP contribution >= 0.6 is 0 Å². The molecule has 0 aromatic heterocycles. The second-order valence-electron chi connectivity index (χ2n) is 5.83. The van der Waals surface area contributed by atoms with E-state index in [0.29, 0.717) is 5.69 Å². The predicted octanol–water partition coefficient (Wildman–Crippen LogP) is 3.64. The van der Waals surface area contributed by atoms with Crippen LogP contribution < -0.4 is 15.4 Å². The second kappa shape index (κ2) is 8.36. The number of amides is 2. The number of aliphatic hydroxyl groups excluding tert-OH is 1. The van der Waals surface area contributed by atoms with Gasteiger partial charge in [0.25, 0.3) is 0 Å². The number of carbonyl (C=O) groups is 1. The molecule has 5 heteroatoms. The van der Waals surface area contributed by atoms with Crippen molar-refractivity contribution in [1.29, 1.82) is 0 Å². The number of carbonyl (C=O) groups excluding carboxylic acids is 1. The lowest BCUT2D eigenvalue weighted by Crippen LogP contribution is -2.38. The summed E-state index contributed by atoms with van der Waals surface area (Å²) in [6, 6.07) is 14.9. The number of hydrogen-bond acceptors (Lipinski definition) is 3. The van der Waals surface area contributed by atoms with Gasteiger partial charge in [-0.3, -0.25) is 0 Å². The smallest absolute Gasteiger partial charge is 0.319 e. The summed E-state index contributed by atoms with van der Waals surface area (Å²) in [5.74, 6) is 0.749. The van der Waals surface area contributed by atoms with Crippen molar-refractivity contribution in [3.8, 4) is 5.75 Å². The van der Waals surface area contributed by atoms with Gasteiger partial charge in [-0.15, -0.1) is 0 Å². The molecule has 2 rings (SSSR count). The number of hydrogen-bond donors (Lipinski definition) is 3. The molecule has 2 amide bonds. The van der Waals surface area contributed by atoms with Crippen LogP contribution in [0.2, 0.25) is 0 Å². The Hall–Kier alpha value is -2.53. The highest BCUT2D eigenvalue weighted by atomic mass is 16.5. The quantitative estimate of drug-likeness (QED) is 0.758. The van der Waals surface area contributed by atoms with Crippen LogP contribution in [-0.4, -0.2) is 23.8 Å². The van der Waals surface area contributed by atoms with Gasteiger partial charge in [-0.25, -0.2) is 4.79 Å². The van der Waals surface area contributed by atoms with Crippen LogP contribution in [0.15, 0.2) is 48.5 Å². The fourth-order valence-electron chi connectivity index (χ4n) is 2.27. The van der Waals surface area contributed by atoms with E-state index in [1.807, 2.05) is 62.4 Å². The molecule has 24 heavy (non-hydrogen) atoms. The third-order valence-corrected chi connectivity index (χ3v) is 3.68. The lowest BCUT2D eigenvalue weighted by Gasteiger charge is -2.17. The van der Waals surface area contributed by atoms with Crippen LogP contribution in [0.25, 0.3) is 0 Å². The molecule has 0 radical (unpaired) electrons. The van der Waals surface area contributed by atoms with Crippen molar-refractivity contribution in [1.82, 2.24) is 5.32 Å². The minimum absolute atomic E-state index is 0.0573. The Labute approximate surface area is 142 Å². The Bertz CT molecular complexity index is 674. The number of anilines is 1. The Balaban J connectivity index is 2.00. The maximum Gasteiger partial charge on any atom is 0.319 e. The van der Waals surface area contributed by atoms with E-state index in [1.165, 1.54) is 0 Å². The van der Waals surface area contributed by atoms with Gasteiger partial charge in [0, 0.05) is 5.69 Å². The van der Waals surface area contributed by atoms with Crippen molar-refractivity contribution >= 4 is 11.7 Å². The van der Waals surface area contributed by atoms with Crippen molar-refractivity contribution in [2.45, 2.75) is 32.9 Å². The van der Waals surface area contributed by atoms with Crippen molar-refractivity contribution < 1.29 is 14.6 Å². The maximum absolute atomic E-state index is 11.8. The predicted molar refractivity (Wildman–Crippen MR) is 95.4 cm³/mol. The standard InChI is InChI=1S/C19H24N2O3/c1-13-11-17(24-15(3)16-7-5-4-6-8-16)9-10-18(13)21-19(23)20-14(2)12-22/h4-11,14-15,22H,12H2,1-3H3,(H2,20,21,23). The molecule has 3 N–H and O–H groups in total. The summed E-state index contributed by atoms with van der Waals surface area (Å²) in [6.07, 6.45) is -0.0573. The van der Waals surface area contributed by atoms with Gasteiger partial charge in [0.05, 0.1) is 12.6 Å². The van der Waals surface area contributed by atoms with Crippen LogP contribution in [0.3, 0.4) is 0 Å². The van der Waals surface area contributed by atoms with E-state index in [9.17, 15) is 4.79 Å². The summed E-state index contributed by atoms with van der Waals surface area (Å²) in [7, 11) is 0. The first-order valence-corrected chi connectivity index (χ1v) is 8.00. The number of urea groups is 1. The molecule has 0 saturated heterocycles. The molecule has 2 aromatic carbocycles. The van der Waals surface area contributed by atoms with Gasteiger partial charge in [-0.05, 0) is 50.1 Å². The molecule has 128 valence electrons. The minimum atomic E-state index is -0.342. The van der Waals surface area contributed by atoms with Gasteiger partial charge in [0.15, 0.2) is 0 Å². The Morgan fingerprint density at radius 1 is 1.17 bits per heavy atom. The van der Waals surface area contributed by atoms with E-state index in [0.717, 1.165) is 16.9 Å². The average Bonchev–Trinajstić information content (AvgIpc) is 2.58. The molecule has 0 bridgehead atoms. The van der Waals surface area contributed by atoms with Crippen molar-refractivity contribution in [3.05, 3.63) is 59.7 Å². The van der Waals surface area contributed by atoms with E-state index in [4.69, 9.17) is 9.84 Å². The van der Waals surface area contributed by atoms with Crippen molar-refractivity contribution in [3.63, 3.8) is 0 Å². The fourth-order valence-corrected chi connectivity index (χ4v) is 2.27. The monoisotopic (exact) mass is 328 g/mol. The topological polar surface area (TPSA) is 70.6 Å². The summed E-state index contributed by atoms with van der Waals surface area (Å²) in [5, 5.41) is 14.4. The Morgan fingerprint density at radius 2 is 1.88 bits per heavy atom. The first-order valence-electron chi connectivity index (χ1n) is 8.00. The molecule has 0 heterocycles. The molecular weight excluding hydrogens is 304 g/mol. The molecule has 2 aromatic rings. The highest BCUT2D eigenvalue weighted by Crippen LogP contribution is 2.26. The molecular formula is C19H24N2O3. The van der Waals surface area contributed by atoms with Crippen LogP contribution in [-0.2, 0) is 0 Å². The SMILES string of the molecule is Cc1cc(OC(C)c2ccccc2)ccc1NC(=O)NC(C)CO. The van der Waals surface area contributed by atoms with Gasteiger partial charge < -0.3 is 20.5 Å². The summed E-state index contributed by atoms with van der Waals surface area (Å²) in [5.41, 5.74) is 2.71. The number of nitrogens with one attached hydrogen (secondary N) is 2. The highest BCUT2D eigenvalue weighted by Gasteiger charge is 2.10. The van der Waals surface area contributed by atoms with Crippen LogP contribution in [0.1, 0.15) is 31.1 Å². The molecule has 0 aliphatic rings. The number of benzene rings is 2. The van der Waals surface area contributed by atoms with E-state index in [2.05, 4.69) is 10.6 Å². The first kappa shape index (κ1) is 17.8. The zero-order chi connectivity index (χ0) is 17.5. The fraction of sp³-hybridized carbons (Fsp3) is 0.316. The molecule has 2 atom stereocenters. The Morgan fingerprint density at radius 3 is 2.50 bits per heavy atom. The van der Waals surface area contributed by atoms with E-state index < -0.39 is 0 Å². The number of aliphatic hydroxyl groups is 1. The van der Waals surface area contributed by atoms with Crippen molar-refractivity contribution in [2.24, 2.45) is 0 Å². The van der Waals surface area contributed by atoms with Crippen LogP contribution in [0.5, 0.6) is 5.75 Å². The second-order valence-corrected chi connectivity index (χ2v) is 5.83. The summed E-state index contributed by atoms with van der Waals surface area (Å²) >= 11 is 0. The first-order chi connectivity index (χ1) is 11.5. The van der Waals surface area contributed by atoms with Gasteiger partial charge in [0.1, 0.15) is 11.9 Å². The highest BCUT2D eigenvalue weighted by molar-refractivity contribution is 5.90. The summed E-state index contributed by atoms with van der Waals surface area (Å²) < 4.78 is 5.96. The molecule has 0 fully saturated rings. The number of aryl methyl sites for hydroxylation is 1. The van der Waals surface area contributed by atoms with Gasteiger partial charge in [-0.2, -0.15) is 0 Å². The molecule has 0 aliphatic carbocycles. The van der Waals surface area contributed by atoms with Crippen LogP contribution in [0.4, 0.5) is 10.5 Å². The van der Waals surface area contributed by atoms with Gasteiger partial charge in [0.2, 0.25) is 0 Å². The Kier molecular flexibility index (Phi) is 6.21. The molecule has 5 nitrogen and oxygen atoms in total. The number of rotatable bonds is 6. The maximum atomic E-state index is 11.8. The largest absolute Gasteiger partial charge is 0.486 e. The normalized spacial score (nSPS) is 13.0. The average molecular weight is 328 g/mol. The molecule has 0 aliphatic heterocycles. The zero-order valence-electron chi connectivity index (χ0n) is 14.2. The summed E-state index contributed by atoms with van der Waals surface area (Å²) in [6.45, 7) is 5.54. The lowest BCUT2D eigenvalue weighted by atomic mass is 10.1. The van der Waals surface area contributed by atoms with Crippen molar-refractivity contribution in [2.75, 3.05) is 11.9 Å². The third kappa shape index (κ3) is 4.99. The molecule has 0 saturated carbocycles.